The molecule has 0 fully saturated rings. The monoisotopic (exact) mass is 249 g/mol. The summed E-state index contributed by atoms with van der Waals surface area (Å²) in [5.41, 5.74) is 0.699. The fraction of sp³-hybridized carbons (Fsp3) is 0.154. The van der Waals surface area contributed by atoms with E-state index in [-0.39, 0.29) is 11.7 Å². The Morgan fingerprint density at radius 2 is 2.35 bits per heavy atom. The molecular weight excluding hydrogens is 237 g/mol. The largest absolute Gasteiger partial charge is 0.348 e. The van der Waals surface area contributed by atoms with Crippen LogP contribution >= 0.6 is 11.3 Å². The van der Waals surface area contributed by atoms with E-state index in [2.05, 4.69) is 11.9 Å². The molecule has 0 aliphatic heterocycles. The van der Waals surface area contributed by atoms with Crippen molar-refractivity contribution in [1.29, 1.82) is 0 Å². The van der Waals surface area contributed by atoms with Gasteiger partial charge in [-0.15, -0.1) is 17.9 Å². The second-order valence-corrected chi connectivity index (χ2v) is 4.72. The number of carbonyl (C=O) groups is 1. The fourth-order valence-corrected chi connectivity index (χ4v) is 2.85. The van der Waals surface area contributed by atoms with Gasteiger partial charge in [0.2, 0.25) is 0 Å². The maximum Gasteiger partial charge on any atom is 0.261 e. The topological polar surface area (TPSA) is 29.1 Å². The SMILES string of the molecule is C=CCNC(=O)c1sc2cccc(F)c2c1C. The van der Waals surface area contributed by atoms with Crippen molar-refractivity contribution in [2.75, 3.05) is 6.54 Å². The molecule has 1 heterocycles. The summed E-state index contributed by atoms with van der Waals surface area (Å²) in [5, 5.41) is 3.24. The van der Waals surface area contributed by atoms with Crippen LogP contribution in [0.3, 0.4) is 0 Å². The average Bonchev–Trinajstić information content (AvgIpc) is 2.65. The first kappa shape index (κ1) is 11.8. The number of hydrogen-bond acceptors (Lipinski definition) is 2. The second kappa shape index (κ2) is 4.67. The predicted molar refractivity (Wildman–Crippen MR) is 69.1 cm³/mol. The highest BCUT2D eigenvalue weighted by Gasteiger charge is 2.16. The summed E-state index contributed by atoms with van der Waals surface area (Å²) >= 11 is 1.31. The lowest BCUT2D eigenvalue weighted by atomic mass is 10.1. The van der Waals surface area contributed by atoms with Crippen molar-refractivity contribution >= 4 is 27.3 Å². The fourth-order valence-electron chi connectivity index (χ4n) is 1.72. The molecule has 0 saturated heterocycles. The van der Waals surface area contributed by atoms with E-state index >= 15 is 0 Å². The Labute approximate surface area is 103 Å². The number of aryl methyl sites for hydroxylation is 1. The maximum atomic E-state index is 13.6. The molecule has 17 heavy (non-hydrogen) atoms. The predicted octanol–water partition coefficient (Wildman–Crippen LogP) is 3.26. The molecule has 1 aromatic heterocycles. The molecule has 1 amide bonds. The minimum absolute atomic E-state index is 0.178. The molecule has 0 unspecified atom stereocenters. The standard InChI is InChI=1S/C13H12FNOS/c1-3-7-15-13(16)12-8(2)11-9(14)5-4-6-10(11)17-12/h3-6H,1,7H2,2H3,(H,15,16). The molecular formula is C13H12FNOS. The number of amides is 1. The quantitative estimate of drug-likeness (QED) is 0.831. The number of halogens is 1. The lowest BCUT2D eigenvalue weighted by molar-refractivity contribution is 0.0961. The molecule has 0 spiro atoms. The molecule has 2 aromatic rings. The van der Waals surface area contributed by atoms with Crippen molar-refractivity contribution in [2.45, 2.75) is 6.92 Å². The zero-order chi connectivity index (χ0) is 12.4. The molecule has 2 rings (SSSR count). The zero-order valence-corrected chi connectivity index (χ0v) is 10.2. The minimum Gasteiger partial charge on any atom is -0.348 e. The lowest BCUT2D eigenvalue weighted by Gasteiger charge is -2.00. The number of fused-ring (bicyclic) bond motifs is 1. The van der Waals surface area contributed by atoms with Crippen molar-refractivity contribution < 1.29 is 9.18 Å². The smallest absolute Gasteiger partial charge is 0.261 e. The molecule has 1 N–H and O–H groups in total. The Hall–Kier alpha value is -1.68. The van der Waals surface area contributed by atoms with Gasteiger partial charge in [-0.25, -0.2) is 4.39 Å². The van der Waals surface area contributed by atoms with Gasteiger partial charge in [-0.05, 0) is 24.6 Å². The van der Waals surface area contributed by atoms with Crippen LogP contribution in [-0.4, -0.2) is 12.5 Å². The molecule has 0 radical (unpaired) electrons. The summed E-state index contributed by atoms with van der Waals surface area (Å²) in [6.45, 7) is 5.71. The van der Waals surface area contributed by atoms with Crippen molar-refractivity contribution in [3.63, 3.8) is 0 Å². The van der Waals surface area contributed by atoms with E-state index in [1.54, 1.807) is 19.1 Å². The summed E-state index contributed by atoms with van der Waals surface area (Å²) in [6.07, 6.45) is 1.61. The van der Waals surface area contributed by atoms with Gasteiger partial charge >= 0.3 is 0 Å². The van der Waals surface area contributed by atoms with Crippen LogP contribution < -0.4 is 5.32 Å². The third-order valence-corrected chi connectivity index (χ3v) is 3.77. The van der Waals surface area contributed by atoms with E-state index in [1.807, 2.05) is 6.07 Å². The van der Waals surface area contributed by atoms with Gasteiger partial charge in [0.1, 0.15) is 5.82 Å². The second-order valence-electron chi connectivity index (χ2n) is 3.67. The molecule has 0 atom stereocenters. The molecule has 2 nitrogen and oxygen atoms in total. The Kier molecular flexibility index (Phi) is 3.24. The van der Waals surface area contributed by atoms with Crippen molar-refractivity contribution in [2.24, 2.45) is 0 Å². The van der Waals surface area contributed by atoms with E-state index in [1.165, 1.54) is 17.4 Å². The van der Waals surface area contributed by atoms with E-state index in [9.17, 15) is 9.18 Å². The van der Waals surface area contributed by atoms with Crippen LogP contribution in [0.4, 0.5) is 4.39 Å². The third kappa shape index (κ3) is 2.08. The Bertz CT molecular complexity index is 588. The Morgan fingerprint density at radius 3 is 3.00 bits per heavy atom. The molecule has 4 heteroatoms. The number of nitrogens with one attached hydrogen (secondary N) is 1. The van der Waals surface area contributed by atoms with E-state index < -0.39 is 0 Å². The highest BCUT2D eigenvalue weighted by Crippen LogP contribution is 2.32. The molecule has 1 aromatic carbocycles. The minimum atomic E-state index is -0.279. The first-order valence-corrected chi connectivity index (χ1v) is 6.03. The number of carbonyl (C=O) groups excluding carboxylic acids is 1. The van der Waals surface area contributed by atoms with Crippen LogP contribution in [0, 0.1) is 12.7 Å². The molecule has 0 aliphatic carbocycles. The van der Waals surface area contributed by atoms with Crippen molar-refractivity contribution in [1.82, 2.24) is 5.32 Å². The number of thiophene rings is 1. The lowest BCUT2D eigenvalue weighted by Crippen LogP contribution is -2.22. The highest BCUT2D eigenvalue weighted by atomic mass is 32.1. The zero-order valence-electron chi connectivity index (χ0n) is 9.42. The van der Waals surface area contributed by atoms with E-state index in [0.29, 0.717) is 22.4 Å². The van der Waals surface area contributed by atoms with Crippen LogP contribution in [0.2, 0.25) is 0 Å². The Morgan fingerprint density at radius 1 is 1.59 bits per heavy atom. The first-order chi connectivity index (χ1) is 8.15. The summed E-state index contributed by atoms with van der Waals surface area (Å²) in [4.78, 5) is 12.4. The summed E-state index contributed by atoms with van der Waals surface area (Å²) < 4.78 is 14.4. The van der Waals surface area contributed by atoms with Gasteiger partial charge in [-0.2, -0.15) is 0 Å². The third-order valence-electron chi connectivity index (χ3n) is 2.52. The van der Waals surface area contributed by atoms with Gasteiger partial charge in [-0.3, -0.25) is 4.79 Å². The van der Waals surface area contributed by atoms with Gasteiger partial charge in [0.15, 0.2) is 0 Å². The highest BCUT2D eigenvalue weighted by molar-refractivity contribution is 7.21. The van der Waals surface area contributed by atoms with Crippen LogP contribution in [0.25, 0.3) is 10.1 Å². The van der Waals surface area contributed by atoms with Crippen LogP contribution in [0.5, 0.6) is 0 Å². The van der Waals surface area contributed by atoms with Gasteiger partial charge in [-0.1, -0.05) is 12.1 Å². The van der Waals surface area contributed by atoms with Gasteiger partial charge in [0.05, 0.1) is 4.88 Å². The normalized spacial score (nSPS) is 10.5. The first-order valence-electron chi connectivity index (χ1n) is 5.22. The number of rotatable bonds is 3. The number of benzene rings is 1. The van der Waals surface area contributed by atoms with Gasteiger partial charge in [0.25, 0.3) is 5.91 Å². The van der Waals surface area contributed by atoms with Crippen molar-refractivity contribution in [3.8, 4) is 0 Å². The average molecular weight is 249 g/mol. The van der Waals surface area contributed by atoms with Crippen molar-refractivity contribution in [3.05, 3.63) is 47.1 Å². The molecule has 0 aliphatic rings. The summed E-state index contributed by atoms with van der Waals surface area (Å²) in [6, 6.07) is 4.88. The van der Waals surface area contributed by atoms with Gasteiger partial charge in [0, 0.05) is 16.6 Å². The van der Waals surface area contributed by atoms with Crippen LogP contribution in [0.1, 0.15) is 15.2 Å². The number of hydrogen-bond donors (Lipinski definition) is 1. The molecule has 0 saturated carbocycles. The maximum absolute atomic E-state index is 13.6. The summed E-state index contributed by atoms with van der Waals surface area (Å²) in [7, 11) is 0. The molecule has 88 valence electrons. The Balaban J connectivity index is 2.49. The van der Waals surface area contributed by atoms with Crippen LogP contribution in [0.15, 0.2) is 30.9 Å². The van der Waals surface area contributed by atoms with Crippen LogP contribution in [-0.2, 0) is 0 Å². The van der Waals surface area contributed by atoms with E-state index in [0.717, 1.165) is 4.70 Å². The summed E-state index contributed by atoms with van der Waals surface area (Å²) in [5.74, 6) is -0.456. The molecule has 0 bridgehead atoms. The van der Waals surface area contributed by atoms with E-state index in [4.69, 9.17) is 0 Å². The van der Waals surface area contributed by atoms with Gasteiger partial charge < -0.3 is 5.32 Å².